The third-order valence-electron chi connectivity index (χ3n) is 5.21. The molecule has 0 heterocycles. The van der Waals surface area contributed by atoms with E-state index < -0.39 is 0 Å². The molecule has 3 N–H and O–H groups in total. The van der Waals surface area contributed by atoms with Crippen molar-refractivity contribution in [2.75, 3.05) is 17.2 Å². The lowest BCUT2D eigenvalue weighted by molar-refractivity contribution is -0.115. The Balaban J connectivity index is 1.61. The van der Waals surface area contributed by atoms with Crippen LogP contribution in [0.4, 0.5) is 16.2 Å². The summed E-state index contributed by atoms with van der Waals surface area (Å²) in [7, 11) is 0. The van der Waals surface area contributed by atoms with Gasteiger partial charge < -0.3 is 16.0 Å². The number of carbonyl (C=O) groups is 2. The second kappa shape index (κ2) is 11.0. The zero-order chi connectivity index (χ0) is 22.1. The molecule has 0 bridgehead atoms. The number of anilines is 2. The maximum Gasteiger partial charge on any atom is 0.319 e. The first-order valence-electron chi connectivity index (χ1n) is 10.6. The van der Waals surface area contributed by atoms with Crippen LogP contribution in [0.2, 0.25) is 0 Å². The number of carbonyl (C=O) groups excluding carboxylic acids is 2. The van der Waals surface area contributed by atoms with Crippen LogP contribution in [0.15, 0.2) is 78.9 Å². The van der Waals surface area contributed by atoms with Gasteiger partial charge in [0.05, 0.1) is 0 Å². The van der Waals surface area contributed by atoms with E-state index in [-0.39, 0.29) is 17.9 Å². The maximum absolute atomic E-state index is 12.5. The summed E-state index contributed by atoms with van der Waals surface area (Å²) in [5, 5.41) is 8.67. The summed E-state index contributed by atoms with van der Waals surface area (Å²) >= 11 is 0. The molecule has 0 aliphatic rings. The second-order valence-corrected chi connectivity index (χ2v) is 7.47. The molecule has 31 heavy (non-hydrogen) atoms. The summed E-state index contributed by atoms with van der Waals surface area (Å²) in [6.45, 7) is 4.25. The Morgan fingerprint density at radius 2 is 1.45 bits per heavy atom. The summed E-state index contributed by atoms with van der Waals surface area (Å²) in [4.78, 5) is 24.1. The van der Waals surface area contributed by atoms with E-state index in [9.17, 15) is 9.59 Å². The maximum atomic E-state index is 12.5. The Hall–Kier alpha value is -3.60. The van der Waals surface area contributed by atoms with E-state index >= 15 is 0 Å². The lowest BCUT2D eigenvalue weighted by atomic mass is 9.88. The van der Waals surface area contributed by atoms with Crippen LogP contribution in [-0.2, 0) is 4.79 Å². The van der Waals surface area contributed by atoms with Gasteiger partial charge in [0.2, 0.25) is 5.91 Å². The SMILES string of the molecule is CCC(=O)Nc1ccc(C)c(NC(=O)NCCC(c2ccccc2)c2ccccc2)c1. The predicted molar refractivity (Wildman–Crippen MR) is 126 cm³/mol. The first-order valence-corrected chi connectivity index (χ1v) is 10.6. The van der Waals surface area contributed by atoms with E-state index in [1.807, 2.05) is 55.5 Å². The molecular formula is C26H29N3O2. The highest BCUT2D eigenvalue weighted by Gasteiger charge is 2.14. The molecule has 0 atom stereocenters. The van der Waals surface area contributed by atoms with Crippen LogP contribution in [0.25, 0.3) is 0 Å². The van der Waals surface area contributed by atoms with Gasteiger partial charge in [-0.25, -0.2) is 4.79 Å². The Morgan fingerprint density at radius 3 is 2.03 bits per heavy atom. The van der Waals surface area contributed by atoms with E-state index in [1.54, 1.807) is 13.0 Å². The van der Waals surface area contributed by atoms with Crippen molar-refractivity contribution in [3.05, 3.63) is 95.6 Å². The summed E-state index contributed by atoms with van der Waals surface area (Å²) in [6, 6.07) is 25.9. The van der Waals surface area contributed by atoms with Crippen molar-refractivity contribution in [2.24, 2.45) is 0 Å². The van der Waals surface area contributed by atoms with Crippen molar-refractivity contribution in [3.63, 3.8) is 0 Å². The van der Waals surface area contributed by atoms with Crippen molar-refractivity contribution in [1.29, 1.82) is 0 Å². The van der Waals surface area contributed by atoms with Gasteiger partial charge in [-0.05, 0) is 42.2 Å². The second-order valence-electron chi connectivity index (χ2n) is 7.47. The van der Waals surface area contributed by atoms with E-state index in [4.69, 9.17) is 0 Å². The largest absolute Gasteiger partial charge is 0.338 e. The highest BCUT2D eigenvalue weighted by molar-refractivity contribution is 5.94. The molecule has 0 aliphatic carbocycles. The lowest BCUT2D eigenvalue weighted by Gasteiger charge is -2.19. The molecule has 160 valence electrons. The van der Waals surface area contributed by atoms with Crippen LogP contribution >= 0.6 is 0 Å². The molecule has 0 saturated carbocycles. The standard InChI is InChI=1S/C26H29N3O2/c1-3-25(30)28-22-15-14-19(2)24(18-22)29-26(31)27-17-16-23(20-10-6-4-7-11-20)21-12-8-5-9-13-21/h4-15,18,23H,3,16-17H2,1-2H3,(H,28,30)(H2,27,29,31). The minimum absolute atomic E-state index is 0.0629. The van der Waals surface area contributed by atoms with Crippen LogP contribution in [-0.4, -0.2) is 18.5 Å². The average molecular weight is 416 g/mol. The quantitative estimate of drug-likeness (QED) is 0.442. The van der Waals surface area contributed by atoms with Crippen molar-refractivity contribution < 1.29 is 9.59 Å². The number of hydrogen-bond donors (Lipinski definition) is 3. The third kappa shape index (κ3) is 6.44. The Kier molecular flexibility index (Phi) is 7.82. The van der Waals surface area contributed by atoms with Crippen LogP contribution in [0.1, 0.15) is 42.4 Å². The Labute approximate surface area is 183 Å². The van der Waals surface area contributed by atoms with Crippen molar-refractivity contribution >= 4 is 23.3 Å². The fourth-order valence-electron chi connectivity index (χ4n) is 3.48. The van der Waals surface area contributed by atoms with Gasteiger partial charge in [0.25, 0.3) is 0 Å². The first kappa shape index (κ1) is 22.1. The number of urea groups is 1. The minimum atomic E-state index is -0.262. The van der Waals surface area contributed by atoms with Crippen LogP contribution < -0.4 is 16.0 Å². The number of aryl methyl sites for hydroxylation is 1. The number of rotatable bonds is 8. The van der Waals surface area contributed by atoms with Crippen LogP contribution in [0.3, 0.4) is 0 Å². The van der Waals surface area contributed by atoms with Gasteiger partial charge in [0.15, 0.2) is 0 Å². The predicted octanol–water partition coefficient (Wildman–Crippen LogP) is 5.69. The summed E-state index contributed by atoms with van der Waals surface area (Å²) in [5.74, 6) is 0.143. The van der Waals surface area contributed by atoms with E-state index in [1.165, 1.54) is 11.1 Å². The van der Waals surface area contributed by atoms with E-state index in [0.717, 1.165) is 12.0 Å². The van der Waals surface area contributed by atoms with E-state index in [2.05, 4.69) is 40.2 Å². The molecule has 5 nitrogen and oxygen atoms in total. The first-order chi connectivity index (χ1) is 15.1. The molecule has 3 aromatic carbocycles. The fourth-order valence-corrected chi connectivity index (χ4v) is 3.48. The molecule has 0 saturated heterocycles. The molecule has 0 radical (unpaired) electrons. The van der Waals surface area contributed by atoms with Gasteiger partial charge in [-0.3, -0.25) is 4.79 Å². The molecule has 3 aromatic rings. The van der Waals surface area contributed by atoms with E-state index in [0.29, 0.717) is 24.3 Å². The highest BCUT2D eigenvalue weighted by Crippen LogP contribution is 2.27. The Bertz CT molecular complexity index is 964. The van der Waals surface area contributed by atoms with Crippen molar-refractivity contribution in [2.45, 2.75) is 32.6 Å². The monoisotopic (exact) mass is 415 g/mol. The van der Waals surface area contributed by atoms with Crippen molar-refractivity contribution in [1.82, 2.24) is 5.32 Å². The topological polar surface area (TPSA) is 70.2 Å². The molecule has 0 aliphatic heterocycles. The number of benzene rings is 3. The molecular weight excluding hydrogens is 386 g/mol. The van der Waals surface area contributed by atoms with Gasteiger partial charge in [-0.1, -0.05) is 73.7 Å². The van der Waals surface area contributed by atoms with Crippen molar-refractivity contribution in [3.8, 4) is 0 Å². The smallest absolute Gasteiger partial charge is 0.319 e. The fraction of sp³-hybridized carbons (Fsp3) is 0.231. The lowest BCUT2D eigenvalue weighted by Crippen LogP contribution is -2.30. The average Bonchev–Trinajstić information content (AvgIpc) is 2.80. The molecule has 3 rings (SSSR count). The molecule has 0 unspecified atom stereocenters. The normalized spacial score (nSPS) is 10.5. The molecule has 5 heteroatoms. The summed E-state index contributed by atoms with van der Waals surface area (Å²) in [5.41, 5.74) is 4.73. The minimum Gasteiger partial charge on any atom is -0.338 e. The summed E-state index contributed by atoms with van der Waals surface area (Å²) in [6.07, 6.45) is 1.19. The molecule has 3 amide bonds. The molecule has 0 fully saturated rings. The molecule has 0 spiro atoms. The van der Waals surface area contributed by atoms with Gasteiger partial charge in [-0.2, -0.15) is 0 Å². The highest BCUT2D eigenvalue weighted by atomic mass is 16.2. The van der Waals surface area contributed by atoms with Gasteiger partial charge >= 0.3 is 6.03 Å². The Morgan fingerprint density at radius 1 is 0.839 bits per heavy atom. The number of hydrogen-bond acceptors (Lipinski definition) is 2. The summed E-state index contributed by atoms with van der Waals surface area (Å²) < 4.78 is 0. The van der Waals surface area contributed by atoms with Gasteiger partial charge in [0, 0.05) is 30.3 Å². The van der Waals surface area contributed by atoms with Gasteiger partial charge in [0.1, 0.15) is 0 Å². The number of nitrogens with one attached hydrogen (secondary N) is 3. The zero-order valence-electron chi connectivity index (χ0n) is 18.0. The third-order valence-corrected chi connectivity index (χ3v) is 5.21. The zero-order valence-corrected chi connectivity index (χ0v) is 18.0. The van der Waals surface area contributed by atoms with Crippen LogP contribution in [0.5, 0.6) is 0 Å². The number of amides is 3. The molecule has 0 aromatic heterocycles. The van der Waals surface area contributed by atoms with Crippen LogP contribution in [0, 0.1) is 6.92 Å². The van der Waals surface area contributed by atoms with Gasteiger partial charge in [-0.15, -0.1) is 0 Å².